The van der Waals surface area contributed by atoms with Crippen molar-refractivity contribution in [3.8, 4) is 0 Å². The minimum absolute atomic E-state index is 0.676. The first-order valence-electron chi connectivity index (χ1n) is 9.14. The van der Waals surface area contributed by atoms with E-state index in [0.29, 0.717) is 5.11 Å². The largest absolute Gasteiger partial charge is 0.372 e. The topological polar surface area (TPSA) is 27.3 Å². The first-order valence-corrected chi connectivity index (χ1v) is 9.55. The van der Waals surface area contributed by atoms with Gasteiger partial charge in [-0.05, 0) is 67.2 Å². The van der Waals surface area contributed by atoms with Gasteiger partial charge in [0.05, 0.1) is 0 Å². The molecule has 0 atom stereocenters. The lowest BCUT2D eigenvalue weighted by Gasteiger charge is -2.32. The van der Waals surface area contributed by atoms with Gasteiger partial charge in [0.1, 0.15) is 0 Å². The van der Waals surface area contributed by atoms with E-state index in [9.17, 15) is 0 Å². The molecule has 1 fully saturated rings. The van der Waals surface area contributed by atoms with Crippen LogP contribution in [0.1, 0.15) is 25.3 Å². The van der Waals surface area contributed by atoms with Gasteiger partial charge >= 0.3 is 0 Å². The Morgan fingerprint density at radius 1 is 1.04 bits per heavy atom. The smallest absolute Gasteiger partial charge is 0.170 e. The molecule has 0 aliphatic carbocycles. The SMILES string of the molecule is CC1CCN(c2ccc(NC(=S)NCCc3ccccc3)cc2)CC1. The Bertz CT molecular complexity index is 661. The Morgan fingerprint density at radius 2 is 1.72 bits per heavy atom. The summed E-state index contributed by atoms with van der Waals surface area (Å²) in [6.07, 6.45) is 3.54. The van der Waals surface area contributed by atoms with Gasteiger partial charge in [-0.15, -0.1) is 0 Å². The zero-order chi connectivity index (χ0) is 17.5. The number of benzene rings is 2. The fraction of sp³-hybridized carbons (Fsp3) is 0.381. The molecule has 3 nitrogen and oxygen atoms in total. The van der Waals surface area contributed by atoms with E-state index in [1.165, 1.54) is 24.1 Å². The molecule has 132 valence electrons. The predicted molar refractivity (Wildman–Crippen MR) is 111 cm³/mol. The Balaban J connectivity index is 1.44. The molecule has 0 bridgehead atoms. The molecule has 4 heteroatoms. The van der Waals surface area contributed by atoms with Crippen LogP contribution in [0.25, 0.3) is 0 Å². The van der Waals surface area contributed by atoms with Crippen LogP contribution in [0.5, 0.6) is 0 Å². The second kappa shape index (κ2) is 8.86. The number of nitrogens with zero attached hydrogens (tertiary/aromatic N) is 1. The average molecular weight is 354 g/mol. The van der Waals surface area contributed by atoms with Gasteiger partial charge in [0.15, 0.2) is 5.11 Å². The van der Waals surface area contributed by atoms with E-state index in [2.05, 4.69) is 71.0 Å². The van der Waals surface area contributed by atoms with Crippen LogP contribution < -0.4 is 15.5 Å². The van der Waals surface area contributed by atoms with E-state index < -0.39 is 0 Å². The van der Waals surface area contributed by atoms with Gasteiger partial charge in [-0.1, -0.05) is 37.3 Å². The van der Waals surface area contributed by atoms with Crippen molar-refractivity contribution < 1.29 is 0 Å². The summed E-state index contributed by atoms with van der Waals surface area (Å²) in [5.41, 5.74) is 3.66. The number of rotatable bonds is 5. The van der Waals surface area contributed by atoms with E-state index in [4.69, 9.17) is 12.2 Å². The zero-order valence-electron chi connectivity index (χ0n) is 14.9. The highest BCUT2D eigenvalue weighted by atomic mass is 32.1. The Morgan fingerprint density at radius 3 is 2.40 bits per heavy atom. The summed E-state index contributed by atoms with van der Waals surface area (Å²) in [6.45, 7) is 5.50. The molecule has 1 aliphatic heterocycles. The highest BCUT2D eigenvalue weighted by molar-refractivity contribution is 7.80. The molecule has 1 aliphatic rings. The van der Waals surface area contributed by atoms with Crippen LogP contribution in [0.4, 0.5) is 11.4 Å². The second-order valence-electron chi connectivity index (χ2n) is 6.83. The van der Waals surface area contributed by atoms with E-state index in [1.807, 2.05) is 6.07 Å². The van der Waals surface area contributed by atoms with Crippen LogP contribution in [0.15, 0.2) is 54.6 Å². The first kappa shape index (κ1) is 17.7. The standard InChI is InChI=1S/C21H27N3S/c1-17-12-15-24(16-13-17)20-9-7-19(8-10-20)23-21(25)22-14-11-18-5-3-2-4-6-18/h2-10,17H,11-16H2,1H3,(H2,22,23,25). The zero-order valence-corrected chi connectivity index (χ0v) is 15.7. The van der Waals surface area contributed by atoms with E-state index in [1.54, 1.807) is 0 Å². The van der Waals surface area contributed by atoms with Crippen molar-refractivity contribution in [2.45, 2.75) is 26.2 Å². The number of thiocarbonyl (C=S) groups is 1. The lowest BCUT2D eigenvalue weighted by molar-refractivity contribution is 0.438. The summed E-state index contributed by atoms with van der Waals surface area (Å²) in [7, 11) is 0. The second-order valence-corrected chi connectivity index (χ2v) is 7.24. The first-order chi connectivity index (χ1) is 12.2. The maximum atomic E-state index is 5.39. The maximum Gasteiger partial charge on any atom is 0.170 e. The molecule has 0 saturated carbocycles. The summed E-state index contributed by atoms with van der Waals surface area (Å²) in [5.74, 6) is 0.858. The summed E-state index contributed by atoms with van der Waals surface area (Å²) < 4.78 is 0. The van der Waals surface area contributed by atoms with Crippen molar-refractivity contribution in [1.29, 1.82) is 0 Å². The van der Waals surface area contributed by atoms with Crippen molar-refractivity contribution >= 4 is 28.7 Å². The number of hydrogen-bond donors (Lipinski definition) is 2. The highest BCUT2D eigenvalue weighted by Gasteiger charge is 2.15. The molecule has 2 aromatic carbocycles. The fourth-order valence-corrected chi connectivity index (χ4v) is 3.38. The maximum absolute atomic E-state index is 5.39. The van der Waals surface area contributed by atoms with Crippen LogP contribution in [-0.4, -0.2) is 24.7 Å². The van der Waals surface area contributed by atoms with Crippen molar-refractivity contribution in [3.63, 3.8) is 0 Å². The number of anilines is 2. The summed E-state index contributed by atoms with van der Waals surface area (Å²) in [6, 6.07) is 19.0. The van der Waals surface area contributed by atoms with Gasteiger partial charge in [-0.3, -0.25) is 0 Å². The third kappa shape index (κ3) is 5.46. The van der Waals surface area contributed by atoms with E-state index >= 15 is 0 Å². The monoisotopic (exact) mass is 353 g/mol. The van der Waals surface area contributed by atoms with Crippen LogP contribution in [-0.2, 0) is 6.42 Å². The lowest BCUT2D eigenvalue weighted by atomic mass is 9.99. The number of hydrogen-bond acceptors (Lipinski definition) is 2. The minimum Gasteiger partial charge on any atom is -0.372 e. The molecule has 1 saturated heterocycles. The van der Waals surface area contributed by atoms with Crippen LogP contribution in [0.3, 0.4) is 0 Å². The number of piperidine rings is 1. The van der Waals surface area contributed by atoms with Gasteiger partial charge in [0.25, 0.3) is 0 Å². The molecule has 1 heterocycles. The van der Waals surface area contributed by atoms with Gasteiger partial charge in [-0.25, -0.2) is 0 Å². The van der Waals surface area contributed by atoms with Gasteiger partial charge < -0.3 is 15.5 Å². The predicted octanol–water partition coefficient (Wildman–Crippen LogP) is 4.45. The molecule has 3 rings (SSSR count). The van der Waals surface area contributed by atoms with Crippen molar-refractivity contribution in [3.05, 3.63) is 60.2 Å². The lowest BCUT2D eigenvalue weighted by Crippen LogP contribution is -2.32. The summed E-state index contributed by atoms with van der Waals surface area (Å²) in [4.78, 5) is 2.47. The molecule has 0 radical (unpaired) electrons. The molecular formula is C21H27N3S. The molecule has 25 heavy (non-hydrogen) atoms. The fourth-order valence-electron chi connectivity index (χ4n) is 3.16. The van der Waals surface area contributed by atoms with Crippen LogP contribution >= 0.6 is 12.2 Å². The third-order valence-electron chi connectivity index (χ3n) is 4.82. The average Bonchev–Trinajstić information content (AvgIpc) is 2.64. The molecular weight excluding hydrogens is 326 g/mol. The Labute approximate surface area is 156 Å². The molecule has 0 aromatic heterocycles. The van der Waals surface area contributed by atoms with Crippen molar-refractivity contribution in [1.82, 2.24) is 5.32 Å². The van der Waals surface area contributed by atoms with Gasteiger partial charge in [-0.2, -0.15) is 0 Å². The molecule has 0 unspecified atom stereocenters. The van der Waals surface area contributed by atoms with Crippen LogP contribution in [0, 0.1) is 5.92 Å². The normalized spacial score (nSPS) is 15.0. The quantitative estimate of drug-likeness (QED) is 0.777. The molecule has 0 amide bonds. The molecule has 0 spiro atoms. The van der Waals surface area contributed by atoms with Crippen molar-refractivity contribution in [2.75, 3.05) is 29.9 Å². The Hall–Kier alpha value is -2.07. The highest BCUT2D eigenvalue weighted by Crippen LogP contribution is 2.24. The number of nitrogens with one attached hydrogen (secondary N) is 2. The van der Waals surface area contributed by atoms with Gasteiger partial charge in [0.2, 0.25) is 0 Å². The molecule has 2 aromatic rings. The summed E-state index contributed by atoms with van der Waals surface area (Å²) in [5, 5.41) is 7.22. The van der Waals surface area contributed by atoms with Crippen LogP contribution in [0.2, 0.25) is 0 Å². The Kier molecular flexibility index (Phi) is 6.29. The van der Waals surface area contributed by atoms with E-state index in [-0.39, 0.29) is 0 Å². The summed E-state index contributed by atoms with van der Waals surface area (Å²) >= 11 is 5.39. The molecule has 2 N–H and O–H groups in total. The minimum atomic E-state index is 0.676. The van der Waals surface area contributed by atoms with E-state index in [0.717, 1.165) is 37.7 Å². The van der Waals surface area contributed by atoms with Crippen molar-refractivity contribution in [2.24, 2.45) is 5.92 Å². The third-order valence-corrected chi connectivity index (χ3v) is 5.06. The van der Waals surface area contributed by atoms with Gasteiger partial charge in [0, 0.05) is 31.0 Å².